The predicted octanol–water partition coefficient (Wildman–Crippen LogP) is 2.16. The van der Waals surface area contributed by atoms with Gasteiger partial charge in [0.15, 0.2) is 0 Å². The Kier molecular flexibility index (Phi) is 7.76. The van der Waals surface area contributed by atoms with Gasteiger partial charge in [-0.2, -0.15) is 0 Å². The minimum Gasteiger partial charge on any atom is -0.491 e. The number of nitrogens with one attached hydrogen (secondary N) is 1. The summed E-state index contributed by atoms with van der Waals surface area (Å²) < 4.78 is 11.8. The summed E-state index contributed by atoms with van der Waals surface area (Å²) in [5.74, 6) is 0.101. The highest BCUT2D eigenvalue weighted by Gasteiger charge is 2.27. The predicted molar refractivity (Wildman–Crippen MR) is 121 cm³/mol. The molecule has 0 fully saturated rings. The highest BCUT2D eigenvalue weighted by Crippen LogP contribution is 2.27. The number of fused-ring (bicyclic) bond motifs is 1. The van der Waals surface area contributed by atoms with Gasteiger partial charge in [0.25, 0.3) is 11.8 Å². The average Bonchev–Trinajstić information content (AvgIpc) is 2.80. The zero-order valence-electron chi connectivity index (χ0n) is 19.2. The third kappa shape index (κ3) is 5.60. The zero-order chi connectivity index (χ0) is 23.3. The second-order valence-corrected chi connectivity index (χ2v) is 8.29. The second kappa shape index (κ2) is 10.5. The molecule has 0 saturated heterocycles. The van der Waals surface area contributed by atoms with Crippen LogP contribution in [0.25, 0.3) is 0 Å². The molecule has 1 aromatic heterocycles. The van der Waals surface area contributed by atoms with E-state index in [1.54, 1.807) is 37.3 Å². The van der Waals surface area contributed by atoms with E-state index in [4.69, 9.17) is 9.47 Å². The van der Waals surface area contributed by atoms with Gasteiger partial charge in [0.1, 0.15) is 18.1 Å². The molecule has 0 unspecified atom stereocenters. The lowest BCUT2D eigenvalue weighted by atomic mass is 10.0. The maximum Gasteiger partial charge on any atom is 0.275 e. The lowest BCUT2D eigenvalue weighted by molar-refractivity contribution is 0.0150. The normalized spacial score (nSPS) is 22.8. The fourth-order valence-electron chi connectivity index (χ4n) is 3.64. The number of hydrogen-bond donors (Lipinski definition) is 1. The SMILES string of the molecule is CO[C@@H]1CN(C)C(=O)c2ccc(NC(=O)c3cnccn3)cc2OC[C@@H](C)N(C)C[C@H]1C. The molecule has 9 nitrogen and oxygen atoms in total. The molecular weight excluding hydrogens is 410 g/mol. The van der Waals surface area contributed by atoms with Crippen LogP contribution in [0.1, 0.15) is 34.7 Å². The average molecular weight is 442 g/mol. The Morgan fingerprint density at radius 3 is 2.69 bits per heavy atom. The first-order chi connectivity index (χ1) is 15.3. The topological polar surface area (TPSA) is 96.9 Å². The van der Waals surface area contributed by atoms with E-state index in [1.807, 2.05) is 0 Å². The standard InChI is InChI=1S/C23H31N5O4/c1-15-12-27(3)16(2)14-32-20-10-17(26-22(29)19-11-24-8-9-25-19)6-7-18(20)23(30)28(4)13-21(15)31-5/h6-11,15-16,21H,12-14H2,1-5H3,(H,26,29)/t15-,16-,21-/m1/s1. The number of benzene rings is 1. The molecule has 2 amide bonds. The van der Waals surface area contributed by atoms with Crippen LogP contribution >= 0.6 is 0 Å². The van der Waals surface area contributed by atoms with E-state index in [0.29, 0.717) is 30.2 Å². The number of methoxy groups -OCH3 is 1. The van der Waals surface area contributed by atoms with Crippen molar-refractivity contribution in [3.05, 3.63) is 48.0 Å². The van der Waals surface area contributed by atoms with Crippen LogP contribution in [0, 0.1) is 5.92 Å². The summed E-state index contributed by atoms with van der Waals surface area (Å²) in [7, 11) is 5.49. The van der Waals surface area contributed by atoms with Crippen LogP contribution in [0.5, 0.6) is 5.75 Å². The summed E-state index contributed by atoms with van der Waals surface area (Å²) in [5.41, 5.74) is 1.14. The van der Waals surface area contributed by atoms with Gasteiger partial charge in [0.2, 0.25) is 0 Å². The van der Waals surface area contributed by atoms with Crippen molar-refractivity contribution >= 4 is 17.5 Å². The Bertz CT molecular complexity index is 939. The van der Waals surface area contributed by atoms with Gasteiger partial charge in [-0.3, -0.25) is 19.5 Å². The fourth-order valence-corrected chi connectivity index (χ4v) is 3.64. The van der Waals surface area contributed by atoms with E-state index in [-0.39, 0.29) is 35.6 Å². The fraction of sp³-hybridized carbons (Fsp3) is 0.478. The van der Waals surface area contributed by atoms with Gasteiger partial charge in [0.05, 0.1) is 17.9 Å². The smallest absolute Gasteiger partial charge is 0.275 e. The molecule has 0 aliphatic carbocycles. The Morgan fingerprint density at radius 2 is 2.00 bits per heavy atom. The number of ether oxygens (including phenoxy) is 2. The Hall–Kier alpha value is -3.04. The van der Waals surface area contributed by atoms with Crippen molar-refractivity contribution in [2.75, 3.05) is 46.2 Å². The Morgan fingerprint density at radius 1 is 1.22 bits per heavy atom. The number of amides is 2. The summed E-state index contributed by atoms with van der Waals surface area (Å²) in [6.45, 7) is 5.87. The first kappa shape index (κ1) is 23.6. The van der Waals surface area contributed by atoms with Crippen LogP contribution in [-0.2, 0) is 4.74 Å². The highest BCUT2D eigenvalue weighted by molar-refractivity contribution is 6.03. The minimum absolute atomic E-state index is 0.0899. The van der Waals surface area contributed by atoms with Crippen molar-refractivity contribution in [3.63, 3.8) is 0 Å². The van der Waals surface area contributed by atoms with Crippen molar-refractivity contribution in [2.24, 2.45) is 5.92 Å². The Labute approximate surface area is 188 Å². The summed E-state index contributed by atoms with van der Waals surface area (Å²) in [6.07, 6.45) is 4.26. The maximum atomic E-state index is 13.2. The number of carbonyl (C=O) groups is 2. The molecule has 32 heavy (non-hydrogen) atoms. The summed E-state index contributed by atoms with van der Waals surface area (Å²) >= 11 is 0. The molecule has 2 heterocycles. The second-order valence-electron chi connectivity index (χ2n) is 8.29. The van der Waals surface area contributed by atoms with Gasteiger partial charge in [-0.15, -0.1) is 0 Å². The van der Waals surface area contributed by atoms with E-state index in [9.17, 15) is 9.59 Å². The molecule has 172 valence electrons. The lowest BCUT2D eigenvalue weighted by Crippen LogP contribution is -2.45. The molecule has 0 saturated carbocycles. The van der Waals surface area contributed by atoms with Crippen LogP contribution in [0.2, 0.25) is 0 Å². The molecule has 9 heteroatoms. The molecule has 3 rings (SSSR count). The maximum absolute atomic E-state index is 13.2. The van der Waals surface area contributed by atoms with Gasteiger partial charge >= 0.3 is 0 Å². The highest BCUT2D eigenvalue weighted by atomic mass is 16.5. The molecule has 3 atom stereocenters. The largest absolute Gasteiger partial charge is 0.491 e. The van der Waals surface area contributed by atoms with Crippen LogP contribution in [-0.4, -0.2) is 84.6 Å². The summed E-state index contributed by atoms with van der Waals surface area (Å²) in [4.78, 5) is 37.4. The zero-order valence-corrected chi connectivity index (χ0v) is 19.2. The van der Waals surface area contributed by atoms with Gasteiger partial charge < -0.3 is 19.7 Å². The van der Waals surface area contributed by atoms with Crippen molar-refractivity contribution in [2.45, 2.75) is 26.0 Å². The molecular formula is C23H31N5O4. The first-order valence-electron chi connectivity index (χ1n) is 10.6. The van der Waals surface area contributed by atoms with Crippen molar-refractivity contribution in [3.8, 4) is 5.75 Å². The van der Waals surface area contributed by atoms with E-state index in [2.05, 4.69) is 41.1 Å². The van der Waals surface area contributed by atoms with Crippen molar-refractivity contribution in [1.82, 2.24) is 19.8 Å². The minimum atomic E-state index is -0.389. The van der Waals surface area contributed by atoms with E-state index >= 15 is 0 Å². The van der Waals surface area contributed by atoms with E-state index in [0.717, 1.165) is 6.54 Å². The number of anilines is 1. The van der Waals surface area contributed by atoms with Crippen molar-refractivity contribution in [1.29, 1.82) is 0 Å². The van der Waals surface area contributed by atoms with Crippen LogP contribution in [0.15, 0.2) is 36.8 Å². The molecule has 1 aliphatic rings. The van der Waals surface area contributed by atoms with E-state index < -0.39 is 0 Å². The van der Waals surface area contributed by atoms with Gasteiger partial charge in [-0.25, -0.2) is 4.98 Å². The number of nitrogens with zero attached hydrogens (tertiary/aromatic N) is 4. The number of rotatable bonds is 3. The van der Waals surface area contributed by atoms with Gasteiger partial charge in [0, 0.05) is 57.4 Å². The molecule has 0 spiro atoms. The third-order valence-electron chi connectivity index (χ3n) is 5.81. The third-order valence-corrected chi connectivity index (χ3v) is 5.81. The monoisotopic (exact) mass is 441 g/mol. The van der Waals surface area contributed by atoms with Gasteiger partial charge in [-0.1, -0.05) is 6.92 Å². The molecule has 1 N–H and O–H groups in total. The van der Waals surface area contributed by atoms with Crippen LogP contribution in [0.4, 0.5) is 5.69 Å². The molecule has 0 bridgehead atoms. The van der Waals surface area contributed by atoms with Crippen molar-refractivity contribution < 1.29 is 19.1 Å². The molecule has 0 radical (unpaired) electrons. The first-order valence-corrected chi connectivity index (χ1v) is 10.6. The Balaban J connectivity index is 1.89. The quantitative estimate of drug-likeness (QED) is 0.780. The number of hydrogen-bond acceptors (Lipinski definition) is 7. The van der Waals surface area contributed by atoms with Gasteiger partial charge in [-0.05, 0) is 32.0 Å². The summed E-state index contributed by atoms with van der Waals surface area (Å²) in [6, 6.07) is 5.14. The lowest BCUT2D eigenvalue weighted by Gasteiger charge is -2.34. The molecule has 1 aliphatic heterocycles. The van der Waals surface area contributed by atoms with Crippen LogP contribution < -0.4 is 10.1 Å². The molecule has 1 aromatic carbocycles. The number of likely N-dealkylation sites (N-methyl/N-ethyl adjacent to an activating group) is 2. The molecule has 2 aromatic rings. The number of aromatic nitrogens is 2. The summed E-state index contributed by atoms with van der Waals surface area (Å²) in [5, 5.41) is 2.79. The van der Waals surface area contributed by atoms with Crippen LogP contribution in [0.3, 0.4) is 0 Å². The van der Waals surface area contributed by atoms with E-state index in [1.165, 1.54) is 18.6 Å². The number of carbonyl (C=O) groups excluding carboxylic acids is 2.